The third kappa shape index (κ3) is 5.69. The minimum Gasteiger partial charge on any atom is -0.457 e. The third-order valence-corrected chi connectivity index (χ3v) is 4.55. The molecule has 1 unspecified atom stereocenters. The zero-order valence-corrected chi connectivity index (χ0v) is 16.1. The molecule has 1 heterocycles. The summed E-state index contributed by atoms with van der Waals surface area (Å²) in [6, 6.07) is 13.0. The van der Waals surface area contributed by atoms with Gasteiger partial charge in [0.15, 0.2) is 0 Å². The molecule has 7 nitrogen and oxygen atoms in total. The molecular weight excluding hydrogens is 382 g/mol. The van der Waals surface area contributed by atoms with Crippen LogP contribution in [0.3, 0.4) is 0 Å². The van der Waals surface area contributed by atoms with Crippen molar-refractivity contribution in [1.82, 2.24) is 0 Å². The Bertz CT molecular complexity index is 807. The summed E-state index contributed by atoms with van der Waals surface area (Å²) in [5.41, 5.74) is 12.4. The highest BCUT2D eigenvalue weighted by atomic mass is 35.5. The summed E-state index contributed by atoms with van der Waals surface area (Å²) in [7, 11) is 0. The van der Waals surface area contributed by atoms with E-state index in [9.17, 15) is 9.59 Å². The number of anilines is 1. The van der Waals surface area contributed by atoms with Crippen LogP contribution in [0, 0.1) is 5.92 Å². The van der Waals surface area contributed by atoms with Crippen molar-refractivity contribution in [1.29, 1.82) is 0 Å². The van der Waals surface area contributed by atoms with Crippen molar-refractivity contribution in [3.63, 3.8) is 0 Å². The average Bonchev–Trinajstić information content (AvgIpc) is 2.69. The van der Waals surface area contributed by atoms with Gasteiger partial charge in [-0.1, -0.05) is 6.07 Å². The Morgan fingerprint density at radius 2 is 1.75 bits per heavy atom. The Morgan fingerprint density at radius 3 is 2.39 bits per heavy atom. The van der Waals surface area contributed by atoms with Gasteiger partial charge < -0.3 is 26.3 Å². The van der Waals surface area contributed by atoms with E-state index in [1.807, 2.05) is 0 Å². The number of hydrogen-bond acceptors (Lipinski definition) is 5. The number of ether oxygens (including phenoxy) is 2. The van der Waals surface area contributed by atoms with Crippen molar-refractivity contribution in [3.8, 4) is 11.5 Å². The number of hydrogen-bond donors (Lipinski definition) is 3. The molecule has 0 saturated carbocycles. The molecule has 28 heavy (non-hydrogen) atoms. The van der Waals surface area contributed by atoms with Crippen LogP contribution in [0.5, 0.6) is 11.5 Å². The predicted octanol–water partition coefficient (Wildman–Crippen LogP) is 2.69. The zero-order chi connectivity index (χ0) is 19.2. The number of nitrogens with two attached hydrogens (primary N) is 2. The molecule has 8 heteroatoms. The van der Waals surface area contributed by atoms with Crippen LogP contribution in [0.2, 0.25) is 0 Å². The van der Waals surface area contributed by atoms with Gasteiger partial charge in [-0.25, -0.2) is 0 Å². The first-order valence-electron chi connectivity index (χ1n) is 8.85. The lowest BCUT2D eigenvalue weighted by Gasteiger charge is -2.26. The summed E-state index contributed by atoms with van der Waals surface area (Å²) in [6.45, 7) is 1.29. The van der Waals surface area contributed by atoms with Crippen molar-refractivity contribution in [3.05, 3.63) is 54.1 Å². The van der Waals surface area contributed by atoms with E-state index in [0.29, 0.717) is 36.0 Å². The number of rotatable bonds is 6. The lowest BCUT2D eigenvalue weighted by Crippen LogP contribution is -2.43. The first-order valence-corrected chi connectivity index (χ1v) is 8.85. The number of amides is 2. The molecule has 0 bridgehead atoms. The highest BCUT2D eigenvalue weighted by Crippen LogP contribution is 2.24. The molecule has 2 aromatic rings. The summed E-state index contributed by atoms with van der Waals surface area (Å²) < 4.78 is 11.0. The summed E-state index contributed by atoms with van der Waals surface area (Å²) in [6.07, 6.45) is 1.59. The summed E-state index contributed by atoms with van der Waals surface area (Å²) >= 11 is 0. The molecule has 1 aliphatic rings. The number of primary amides is 1. The van der Waals surface area contributed by atoms with Gasteiger partial charge in [0.2, 0.25) is 11.8 Å². The van der Waals surface area contributed by atoms with Crippen LogP contribution in [-0.2, 0) is 9.53 Å². The second-order valence-corrected chi connectivity index (χ2v) is 6.48. The maximum Gasteiger partial charge on any atom is 0.248 e. The molecule has 1 atom stereocenters. The minimum atomic E-state index is -0.554. The Hall–Kier alpha value is -2.61. The van der Waals surface area contributed by atoms with Gasteiger partial charge in [-0.05, 0) is 61.2 Å². The topological polar surface area (TPSA) is 117 Å². The molecule has 1 fully saturated rings. The van der Waals surface area contributed by atoms with Gasteiger partial charge >= 0.3 is 0 Å². The van der Waals surface area contributed by atoms with Crippen molar-refractivity contribution in [2.45, 2.75) is 18.9 Å². The highest BCUT2D eigenvalue weighted by Gasteiger charge is 2.26. The molecule has 1 saturated heterocycles. The molecule has 5 N–H and O–H groups in total. The van der Waals surface area contributed by atoms with E-state index in [1.165, 1.54) is 0 Å². The van der Waals surface area contributed by atoms with Crippen LogP contribution in [0.1, 0.15) is 23.2 Å². The number of carbonyl (C=O) groups excluding carboxylic acids is 2. The quantitative estimate of drug-likeness (QED) is 0.683. The summed E-state index contributed by atoms with van der Waals surface area (Å²) in [4.78, 5) is 23.6. The zero-order valence-electron chi connectivity index (χ0n) is 15.3. The Morgan fingerprint density at radius 1 is 1.07 bits per heavy atom. The molecule has 1 aliphatic heterocycles. The van der Waals surface area contributed by atoms with Crippen LogP contribution >= 0.6 is 12.4 Å². The van der Waals surface area contributed by atoms with E-state index in [-0.39, 0.29) is 24.2 Å². The number of carbonyl (C=O) groups is 2. The van der Waals surface area contributed by atoms with Crippen LogP contribution in [0.4, 0.5) is 5.69 Å². The second kappa shape index (κ2) is 10.1. The van der Waals surface area contributed by atoms with Gasteiger partial charge in [-0.15, -0.1) is 12.4 Å². The smallest absolute Gasteiger partial charge is 0.248 e. The maximum atomic E-state index is 12.3. The van der Waals surface area contributed by atoms with Crippen molar-refractivity contribution in [2.75, 3.05) is 18.5 Å². The van der Waals surface area contributed by atoms with Gasteiger partial charge in [0.1, 0.15) is 11.5 Å². The second-order valence-electron chi connectivity index (χ2n) is 6.48. The van der Waals surface area contributed by atoms with E-state index in [2.05, 4.69) is 5.32 Å². The lowest BCUT2D eigenvalue weighted by atomic mass is 9.92. The molecular formula is C20H24ClN3O4. The summed E-state index contributed by atoms with van der Waals surface area (Å²) in [5.74, 6) is 0.496. The monoisotopic (exact) mass is 405 g/mol. The summed E-state index contributed by atoms with van der Waals surface area (Å²) in [5, 5.41) is 2.83. The number of nitrogens with one attached hydrogen (secondary N) is 1. The van der Waals surface area contributed by atoms with Crippen molar-refractivity contribution < 1.29 is 19.1 Å². The fourth-order valence-corrected chi connectivity index (χ4v) is 2.97. The van der Waals surface area contributed by atoms with E-state index < -0.39 is 11.9 Å². The molecule has 3 rings (SSSR count). The molecule has 150 valence electrons. The normalized spacial score (nSPS) is 15.2. The SMILES string of the molecule is Cl.NC(=O)c1cccc(Oc2ccc(NC(=O)C(N)C3CCOCC3)cc2)c1. The van der Waals surface area contributed by atoms with Crippen molar-refractivity contribution in [2.24, 2.45) is 17.4 Å². The lowest BCUT2D eigenvalue weighted by molar-refractivity contribution is -0.119. The molecule has 0 spiro atoms. The van der Waals surface area contributed by atoms with E-state index in [1.54, 1.807) is 48.5 Å². The van der Waals surface area contributed by atoms with Crippen LogP contribution < -0.4 is 21.5 Å². The van der Waals surface area contributed by atoms with E-state index in [4.69, 9.17) is 20.9 Å². The van der Waals surface area contributed by atoms with E-state index in [0.717, 1.165) is 12.8 Å². The highest BCUT2D eigenvalue weighted by molar-refractivity contribution is 5.95. The van der Waals surface area contributed by atoms with Crippen LogP contribution in [-0.4, -0.2) is 31.1 Å². The Balaban J connectivity index is 0.00000280. The largest absolute Gasteiger partial charge is 0.457 e. The maximum absolute atomic E-state index is 12.3. The van der Waals surface area contributed by atoms with Crippen LogP contribution in [0.15, 0.2) is 48.5 Å². The number of halogens is 1. The third-order valence-electron chi connectivity index (χ3n) is 4.55. The molecule has 0 aromatic heterocycles. The fraction of sp³-hybridized carbons (Fsp3) is 0.300. The first-order chi connectivity index (χ1) is 13.0. The molecule has 2 amide bonds. The molecule has 0 aliphatic carbocycles. The fourth-order valence-electron chi connectivity index (χ4n) is 2.97. The molecule has 2 aromatic carbocycles. The van der Waals surface area contributed by atoms with Crippen molar-refractivity contribution >= 4 is 29.9 Å². The standard InChI is InChI=1S/C20H23N3O4.ClH/c21-18(13-8-10-26-11-9-13)20(25)23-15-4-6-16(7-5-15)27-17-3-1-2-14(12-17)19(22)24;/h1-7,12-13,18H,8-11,21H2,(H2,22,24)(H,23,25);1H. The van der Waals surface area contributed by atoms with Gasteiger partial charge in [-0.2, -0.15) is 0 Å². The Labute approximate surface area is 169 Å². The van der Waals surface area contributed by atoms with Crippen LogP contribution in [0.25, 0.3) is 0 Å². The van der Waals surface area contributed by atoms with Gasteiger partial charge in [0, 0.05) is 24.5 Å². The minimum absolute atomic E-state index is 0. The van der Waals surface area contributed by atoms with Gasteiger partial charge in [0.25, 0.3) is 0 Å². The average molecular weight is 406 g/mol. The molecule has 0 radical (unpaired) electrons. The predicted molar refractivity (Wildman–Crippen MR) is 109 cm³/mol. The van der Waals surface area contributed by atoms with E-state index >= 15 is 0 Å². The van der Waals surface area contributed by atoms with Gasteiger partial charge in [-0.3, -0.25) is 9.59 Å². The number of benzene rings is 2. The van der Waals surface area contributed by atoms with Gasteiger partial charge in [0.05, 0.1) is 6.04 Å². The Kier molecular flexibility index (Phi) is 7.80. The first kappa shape index (κ1) is 21.7.